The molecule has 1 atom stereocenters. The van der Waals surface area contributed by atoms with Gasteiger partial charge in [0.15, 0.2) is 0 Å². The summed E-state index contributed by atoms with van der Waals surface area (Å²) in [7, 11) is 0. The molecule has 16 heavy (non-hydrogen) atoms. The molecule has 0 radical (unpaired) electrons. The number of hydrogen-bond acceptors (Lipinski definition) is 2. The average molecular weight is 226 g/mol. The molecule has 0 saturated heterocycles. The molecule has 5 heteroatoms. The van der Waals surface area contributed by atoms with Crippen LogP contribution in [0.3, 0.4) is 0 Å². The first-order valence-corrected chi connectivity index (χ1v) is 4.75. The zero-order chi connectivity index (χ0) is 11.8. The maximum Gasteiger partial charge on any atom is 0.395 e. The molecule has 0 aromatic carbocycles. The molecule has 2 aromatic heterocycles. The Morgan fingerprint density at radius 3 is 2.69 bits per heavy atom. The molecule has 2 rings (SSSR count). The van der Waals surface area contributed by atoms with Gasteiger partial charge in [-0.2, -0.15) is 13.2 Å². The SMILES string of the molecule is CC(c1cncc2cccnc12)C(F)(F)F. The second-order valence-electron chi connectivity index (χ2n) is 3.57. The van der Waals surface area contributed by atoms with E-state index in [0.29, 0.717) is 10.9 Å². The Hall–Kier alpha value is -1.65. The van der Waals surface area contributed by atoms with Crippen molar-refractivity contribution in [3.63, 3.8) is 0 Å². The Labute approximate surface area is 90.1 Å². The monoisotopic (exact) mass is 226 g/mol. The molecule has 0 aliphatic rings. The van der Waals surface area contributed by atoms with E-state index in [-0.39, 0.29) is 5.56 Å². The molecule has 2 heterocycles. The summed E-state index contributed by atoms with van der Waals surface area (Å²) in [5.41, 5.74) is 0.480. The smallest absolute Gasteiger partial charge is 0.264 e. The highest BCUT2D eigenvalue weighted by atomic mass is 19.4. The summed E-state index contributed by atoms with van der Waals surface area (Å²) in [6.07, 6.45) is -0.0508. The van der Waals surface area contributed by atoms with E-state index in [1.165, 1.54) is 18.6 Å². The van der Waals surface area contributed by atoms with E-state index in [0.717, 1.165) is 6.92 Å². The summed E-state index contributed by atoms with van der Waals surface area (Å²) in [5.74, 6) is -1.56. The van der Waals surface area contributed by atoms with Gasteiger partial charge >= 0.3 is 6.18 Å². The van der Waals surface area contributed by atoms with Crippen LogP contribution in [0.25, 0.3) is 10.9 Å². The topological polar surface area (TPSA) is 25.8 Å². The van der Waals surface area contributed by atoms with Crippen LogP contribution < -0.4 is 0 Å². The van der Waals surface area contributed by atoms with Crippen LogP contribution in [-0.2, 0) is 0 Å². The fourth-order valence-electron chi connectivity index (χ4n) is 1.52. The Bertz CT molecular complexity index is 503. The lowest BCUT2D eigenvalue weighted by atomic mass is 10.0. The average Bonchev–Trinajstić information content (AvgIpc) is 2.26. The van der Waals surface area contributed by atoms with Gasteiger partial charge in [0.2, 0.25) is 0 Å². The van der Waals surface area contributed by atoms with Gasteiger partial charge in [-0.1, -0.05) is 0 Å². The van der Waals surface area contributed by atoms with E-state index < -0.39 is 12.1 Å². The maximum atomic E-state index is 12.6. The minimum atomic E-state index is -4.27. The highest BCUT2D eigenvalue weighted by Gasteiger charge is 2.38. The molecule has 0 aliphatic carbocycles. The van der Waals surface area contributed by atoms with E-state index in [2.05, 4.69) is 9.97 Å². The summed E-state index contributed by atoms with van der Waals surface area (Å²) in [6.45, 7) is 1.12. The Balaban J connectivity index is 2.61. The van der Waals surface area contributed by atoms with E-state index in [9.17, 15) is 13.2 Å². The molecule has 84 valence electrons. The molecular formula is C11H9F3N2. The molecule has 0 bridgehead atoms. The molecule has 1 unspecified atom stereocenters. The lowest BCUT2D eigenvalue weighted by Gasteiger charge is -2.16. The number of aromatic nitrogens is 2. The number of halogens is 3. The number of alkyl halides is 3. The molecule has 0 amide bonds. The minimum absolute atomic E-state index is 0.116. The van der Waals surface area contributed by atoms with Crippen LogP contribution in [0.5, 0.6) is 0 Å². The molecular weight excluding hydrogens is 217 g/mol. The summed E-state index contributed by atoms with van der Waals surface area (Å²) in [5, 5.41) is 0.621. The van der Waals surface area contributed by atoms with Gasteiger partial charge < -0.3 is 0 Å². The first-order valence-electron chi connectivity index (χ1n) is 4.75. The molecule has 2 aromatic rings. The van der Waals surface area contributed by atoms with Crippen molar-refractivity contribution in [1.82, 2.24) is 9.97 Å². The van der Waals surface area contributed by atoms with E-state index in [4.69, 9.17) is 0 Å². The van der Waals surface area contributed by atoms with E-state index in [1.54, 1.807) is 12.1 Å². The van der Waals surface area contributed by atoms with E-state index >= 15 is 0 Å². The van der Waals surface area contributed by atoms with Crippen LogP contribution in [0.15, 0.2) is 30.7 Å². The Kier molecular flexibility index (Phi) is 2.53. The third kappa shape index (κ3) is 1.85. The van der Waals surface area contributed by atoms with Crippen LogP contribution in [0.1, 0.15) is 18.4 Å². The van der Waals surface area contributed by atoms with Crippen molar-refractivity contribution < 1.29 is 13.2 Å². The normalized spacial score (nSPS) is 14.0. The highest BCUT2D eigenvalue weighted by molar-refractivity contribution is 5.80. The summed E-state index contributed by atoms with van der Waals surface area (Å²) in [4.78, 5) is 7.78. The molecule has 0 N–H and O–H groups in total. The zero-order valence-corrected chi connectivity index (χ0v) is 8.49. The van der Waals surface area contributed by atoms with Crippen molar-refractivity contribution in [2.45, 2.75) is 19.0 Å². The quantitative estimate of drug-likeness (QED) is 0.745. The lowest BCUT2D eigenvalue weighted by Crippen LogP contribution is -2.18. The van der Waals surface area contributed by atoms with Gasteiger partial charge in [-0.05, 0) is 19.1 Å². The molecule has 0 saturated carbocycles. The van der Waals surface area contributed by atoms with Crippen molar-refractivity contribution in [2.75, 3.05) is 0 Å². The van der Waals surface area contributed by atoms with Crippen molar-refractivity contribution >= 4 is 10.9 Å². The zero-order valence-electron chi connectivity index (χ0n) is 8.49. The number of hydrogen-bond donors (Lipinski definition) is 0. The van der Waals surface area contributed by atoms with Gasteiger partial charge in [0.25, 0.3) is 0 Å². The number of pyridine rings is 2. The summed E-state index contributed by atoms with van der Waals surface area (Å²) < 4.78 is 37.8. The third-order valence-electron chi connectivity index (χ3n) is 2.50. The number of rotatable bonds is 1. The standard InChI is InChI=1S/C11H9F3N2/c1-7(11(12,13)14)9-6-15-5-8-3-2-4-16-10(8)9/h2-7H,1H3. The van der Waals surface area contributed by atoms with Crippen LogP contribution in [0, 0.1) is 0 Å². The van der Waals surface area contributed by atoms with Crippen molar-refractivity contribution in [3.8, 4) is 0 Å². The fourth-order valence-corrected chi connectivity index (χ4v) is 1.52. The van der Waals surface area contributed by atoms with Gasteiger partial charge in [0.05, 0.1) is 11.4 Å². The van der Waals surface area contributed by atoms with Crippen molar-refractivity contribution in [1.29, 1.82) is 0 Å². The highest BCUT2D eigenvalue weighted by Crippen LogP contribution is 2.36. The van der Waals surface area contributed by atoms with Crippen molar-refractivity contribution in [3.05, 3.63) is 36.3 Å². The third-order valence-corrected chi connectivity index (χ3v) is 2.50. The number of fused-ring (bicyclic) bond motifs is 1. The molecule has 0 fully saturated rings. The molecule has 2 nitrogen and oxygen atoms in total. The minimum Gasteiger partial charge on any atom is -0.264 e. The van der Waals surface area contributed by atoms with Gasteiger partial charge in [-0.3, -0.25) is 9.97 Å². The maximum absolute atomic E-state index is 12.6. The van der Waals surface area contributed by atoms with E-state index in [1.807, 2.05) is 0 Å². The van der Waals surface area contributed by atoms with Crippen LogP contribution in [0.4, 0.5) is 13.2 Å². The van der Waals surface area contributed by atoms with Crippen molar-refractivity contribution in [2.24, 2.45) is 0 Å². The second-order valence-corrected chi connectivity index (χ2v) is 3.57. The lowest BCUT2D eigenvalue weighted by molar-refractivity contribution is -0.146. The summed E-state index contributed by atoms with van der Waals surface area (Å²) in [6, 6.07) is 3.37. The predicted octanol–water partition coefficient (Wildman–Crippen LogP) is 3.30. The van der Waals surface area contributed by atoms with Crippen LogP contribution in [0.2, 0.25) is 0 Å². The van der Waals surface area contributed by atoms with Crippen LogP contribution in [-0.4, -0.2) is 16.1 Å². The largest absolute Gasteiger partial charge is 0.395 e. The second kappa shape index (κ2) is 3.73. The predicted molar refractivity (Wildman–Crippen MR) is 54.0 cm³/mol. The van der Waals surface area contributed by atoms with Gasteiger partial charge in [0.1, 0.15) is 0 Å². The first-order chi connectivity index (χ1) is 7.50. The Morgan fingerprint density at radius 1 is 1.25 bits per heavy atom. The van der Waals surface area contributed by atoms with Gasteiger partial charge in [0, 0.05) is 29.5 Å². The first kappa shape index (κ1) is 10.9. The number of nitrogens with zero attached hydrogens (tertiary/aromatic N) is 2. The Morgan fingerprint density at radius 2 is 2.00 bits per heavy atom. The molecule has 0 spiro atoms. The summed E-state index contributed by atoms with van der Waals surface area (Å²) >= 11 is 0. The fraction of sp³-hybridized carbons (Fsp3) is 0.273. The molecule has 0 aliphatic heterocycles. The van der Waals surface area contributed by atoms with Crippen LogP contribution >= 0.6 is 0 Å². The van der Waals surface area contributed by atoms with Gasteiger partial charge in [-0.25, -0.2) is 0 Å². The van der Waals surface area contributed by atoms with Gasteiger partial charge in [-0.15, -0.1) is 0 Å².